The molecule has 3 nitrogen and oxygen atoms in total. The summed E-state index contributed by atoms with van der Waals surface area (Å²) < 4.78 is 24.6. The molecule has 3 atom stereocenters. The number of methoxy groups -OCH3 is 1. The van der Waals surface area contributed by atoms with Crippen LogP contribution >= 0.6 is 0 Å². The number of fused-ring (bicyclic) bond motifs is 1. The molecule has 0 spiro atoms. The van der Waals surface area contributed by atoms with E-state index in [-0.39, 0.29) is 17.0 Å². The van der Waals surface area contributed by atoms with Gasteiger partial charge in [0.15, 0.2) is 11.6 Å². The minimum atomic E-state index is -0.328. The van der Waals surface area contributed by atoms with Crippen LogP contribution in [0.2, 0.25) is 0 Å². The fourth-order valence-corrected chi connectivity index (χ4v) is 3.75. The second-order valence-corrected chi connectivity index (χ2v) is 6.39. The lowest BCUT2D eigenvalue weighted by Crippen LogP contribution is -2.67. The molecule has 0 radical (unpaired) electrons. The number of nitrogens with one attached hydrogen (secondary N) is 1. The predicted molar refractivity (Wildman–Crippen MR) is 76.6 cm³/mol. The fourth-order valence-electron chi connectivity index (χ4n) is 3.75. The van der Waals surface area contributed by atoms with Crippen LogP contribution in [0.1, 0.15) is 26.7 Å². The van der Waals surface area contributed by atoms with Gasteiger partial charge in [0, 0.05) is 35.7 Å². The van der Waals surface area contributed by atoms with E-state index in [2.05, 4.69) is 19.2 Å². The Morgan fingerprint density at radius 1 is 1.40 bits per heavy atom. The van der Waals surface area contributed by atoms with Crippen molar-refractivity contribution in [1.29, 1.82) is 0 Å². The molecule has 0 aromatic heterocycles. The Morgan fingerprint density at radius 2 is 2.20 bits per heavy atom. The van der Waals surface area contributed by atoms with Gasteiger partial charge in [0.25, 0.3) is 0 Å². The molecule has 3 rings (SSSR count). The van der Waals surface area contributed by atoms with Gasteiger partial charge in [-0.3, -0.25) is 0 Å². The zero-order valence-electron chi connectivity index (χ0n) is 12.3. The highest BCUT2D eigenvalue weighted by Gasteiger charge is 2.57. The van der Waals surface area contributed by atoms with Crippen molar-refractivity contribution in [3.63, 3.8) is 0 Å². The van der Waals surface area contributed by atoms with Gasteiger partial charge < -0.3 is 14.8 Å². The lowest BCUT2D eigenvalue weighted by atomic mass is 9.55. The summed E-state index contributed by atoms with van der Waals surface area (Å²) in [6, 6.07) is 5.37. The number of halogens is 1. The maximum absolute atomic E-state index is 13.8. The van der Waals surface area contributed by atoms with E-state index < -0.39 is 0 Å². The van der Waals surface area contributed by atoms with E-state index in [1.54, 1.807) is 6.07 Å². The Labute approximate surface area is 119 Å². The second-order valence-electron chi connectivity index (χ2n) is 6.39. The van der Waals surface area contributed by atoms with Crippen LogP contribution < -0.4 is 10.1 Å². The van der Waals surface area contributed by atoms with Crippen LogP contribution in [0.5, 0.6) is 5.75 Å². The lowest BCUT2D eigenvalue weighted by Gasteiger charge is -2.60. The molecule has 1 N–H and O–H groups in total. The quantitative estimate of drug-likeness (QED) is 0.919. The maximum atomic E-state index is 13.8. The molecule has 2 aliphatic rings. The summed E-state index contributed by atoms with van der Waals surface area (Å²) >= 11 is 0. The van der Waals surface area contributed by atoms with Crippen LogP contribution in [0.3, 0.4) is 0 Å². The molecular weight excluding hydrogens is 257 g/mol. The average molecular weight is 279 g/mol. The standard InChI is InChI=1S/C16H22FNO2/c1-16(2)14(11-5-4-8-20-15(11)16)18-10-6-7-13(19-3)12(17)9-10/h6-7,9,11,14-15,18H,4-5,8H2,1-3H3. The number of rotatable bonds is 3. The SMILES string of the molecule is COc1ccc(NC2C3CCCOC3C2(C)C)cc1F. The number of anilines is 1. The molecule has 1 aromatic carbocycles. The summed E-state index contributed by atoms with van der Waals surface area (Å²) in [7, 11) is 1.48. The van der Waals surface area contributed by atoms with Crippen LogP contribution in [0.4, 0.5) is 10.1 Å². The molecule has 2 fully saturated rings. The first-order valence-corrected chi connectivity index (χ1v) is 7.25. The Bertz CT molecular complexity index is 503. The van der Waals surface area contributed by atoms with Crippen LogP contribution in [0, 0.1) is 17.2 Å². The third-order valence-corrected chi connectivity index (χ3v) is 4.81. The topological polar surface area (TPSA) is 30.5 Å². The molecule has 110 valence electrons. The van der Waals surface area contributed by atoms with E-state index in [9.17, 15) is 4.39 Å². The van der Waals surface area contributed by atoms with Gasteiger partial charge in [-0.05, 0) is 25.0 Å². The molecule has 1 saturated carbocycles. The summed E-state index contributed by atoms with van der Waals surface area (Å²) in [4.78, 5) is 0. The molecule has 1 aliphatic carbocycles. The van der Waals surface area contributed by atoms with Crippen LogP contribution in [0.15, 0.2) is 18.2 Å². The Balaban J connectivity index is 1.75. The highest BCUT2D eigenvalue weighted by atomic mass is 19.1. The third-order valence-electron chi connectivity index (χ3n) is 4.81. The van der Waals surface area contributed by atoms with Crippen molar-refractivity contribution >= 4 is 5.69 Å². The highest BCUT2D eigenvalue weighted by molar-refractivity contribution is 5.49. The predicted octanol–water partition coefficient (Wildman–Crippen LogP) is 3.45. The zero-order chi connectivity index (χ0) is 14.3. The molecule has 4 heteroatoms. The van der Waals surface area contributed by atoms with E-state index in [4.69, 9.17) is 9.47 Å². The summed E-state index contributed by atoms with van der Waals surface area (Å²) in [6.45, 7) is 5.31. The normalized spacial score (nSPS) is 31.1. The first-order chi connectivity index (χ1) is 9.54. The summed E-state index contributed by atoms with van der Waals surface area (Å²) in [5, 5.41) is 3.48. The van der Waals surface area contributed by atoms with Gasteiger partial charge in [0.05, 0.1) is 13.2 Å². The van der Waals surface area contributed by atoms with Gasteiger partial charge in [-0.25, -0.2) is 4.39 Å². The molecule has 1 aliphatic heterocycles. The molecule has 1 aromatic rings. The summed E-state index contributed by atoms with van der Waals surface area (Å²) in [6.07, 6.45) is 2.63. The van der Waals surface area contributed by atoms with Crippen molar-refractivity contribution in [3.05, 3.63) is 24.0 Å². The first-order valence-electron chi connectivity index (χ1n) is 7.25. The van der Waals surface area contributed by atoms with Crippen molar-refractivity contribution in [2.45, 2.75) is 38.8 Å². The largest absolute Gasteiger partial charge is 0.494 e. The van der Waals surface area contributed by atoms with E-state index in [1.165, 1.54) is 19.6 Å². The molecule has 20 heavy (non-hydrogen) atoms. The molecule has 3 unspecified atom stereocenters. The van der Waals surface area contributed by atoms with E-state index in [1.807, 2.05) is 6.07 Å². The van der Waals surface area contributed by atoms with Crippen LogP contribution in [-0.4, -0.2) is 25.9 Å². The lowest BCUT2D eigenvalue weighted by molar-refractivity contribution is -0.177. The van der Waals surface area contributed by atoms with Crippen LogP contribution in [-0.2, 0) is 4.74 Å². The van der Waals surface area contributed by atoms with Crippen molar-refractivity contribution in [1.82, 2.24) is 0 Å². The average Bonchev–Trinajstić information content (AvgIpc) is 2.45. The van der Waals surface area contributed by atoms with Crippen molar-refractivity contribution in [2.75, 3.05) is 19.0 Å². The monoisotopic (exact) mass is 279 g/mol. The molecule has 1 heterocycles. The first kappa shape index (κ1) is 13.7. The molecular formula is C16H22FNO2. The molecule has 1 saturated heterocycles. The van der Waals surface area contributed by atoms with Crippen LogP contribution in [0.25, 0.3) is 0 Å². The second kappa shape index (κ2) is 4.92. The number of hydrogen-bond donors (Lipinski definition) is 1. The number of benzene rings is 1. The van der Waals surface area contributed by atoms with Gasteiger partial charge >= 0.3 is 0 Å². The maximum Gasteiger partial charge on any atom is 0.167 e. The zero-order valence-corrected chi connectivity index (χ0v) is 12.3. The minimum absolute atomic E-state index is 0.0848. The third kappa shape index (κ3) is 2.06. The highest BCUT2D eigenvalue weighted by Crippen LogP contribution is 2.52. The fraction of sp³-hybridized carbons (Fsp3) is 0.625. The van der Waals surface area contributed by atoms with E-state index in [0.717, 1.165) is 18.7 Å². The number of ether oxygens (including phenoxy) is 2. The van der Waals surface area contributed by atoms with Gasteiger partial charge in [0.1, 0.15) is 0 Å². The van der Waals surface area contributed by atoms with Gasteiger partial charge in [0.2, 0.25) is 0 Å². The van der Waals surface area contributed by atoms with Crippen molar-refractivity contribution in [2.24, 2.45) is 11.3 Å². The molecule has 0 bridgehead atoms. The Hall–Kier alpha value is -1.29. The Morgan fingerprint density at radius 3 is 2.90 bits per heavy atom. The summed E-state index contributed by atoms with van der Waals surface area (Å²) in [5.74, 6) is 0.484. The van der Waals surface area contributed by atoms with Gasteiger partial charge in [-0.15, -0.1) is 0 Å². The Kier molecular flexibility index (Phi) is 3.36. The molecule has 0 amide bonds. The summed E-state index contributed by atoms with van der Waals surface area (Å²) in [5.41, 5.74) is 0.895. The van der Waals surface area contributed by atoms with Gasteiger partial charge in [-0.1, -0.05) is 13.8 Å². The van der Waals surface area contributed by atoms with Crippen molar-refractivity contribution in [3.8, 4) is 5.75 Å². The number of hydrogen-bond acceptors (Lipinski definition) is 3. The minimum Gasteiger partial charge on any atom is -0.494 e. The van der Waals surface area contributed by atoms with Crippen molar-refractivity contribution < 1.29 is 13.9 Å². The van der Waals surface area contributed by atoms with E-state index >= 15 is 0 Å². The van der Waals surface area contributed by atoms with E-state index in [0.29, 0.717) is 18.1 Å². The smallest absolute Gasteiger partial charge is 0.167 e. The van der Waals surface area contributed by atoms with Gasteiger partial charge in [-0.2, -0.15) is 0 Å².